The zero-order chi connectivity index (χ0) is 15.2. The van der Waals surface area contributed by atoms with Crippen LogP contribution in [0.3, 0.4) is 0 Å². The topological polar surface area (TPSA) is 48.3 Å². The van der Waals surface area contributed by atoms with Gasteiger partial charge in [0.25, 0.3) is 0 Å². The van der Waals surface area contributed by atoms with Crippen LogP contribution in [0, 0.1) is 0 Å². The molecule has 2 aromatic rings. The molecule has 1 unspecified atom stereocenters. The zero-order valence-corrected chi connectivity index (χ0v) is 13.1. The number of hydrogen-bond donors (Lipinski definition) is 1. The molecule has 0 fully saturated rings. The van der Waals surface area contributed by atoms with Gasteiger partial charge in [0.1, 0.15) is 0 Å². The highest BCUT2D eigenvalue weighted by Gasteiger charge is 2.17. The second-order valence-electron chi connectivity index (χ2n) is 4.71. The summed E-state index contributed by atoms with van der Waals surface area (Å²) in [6.07, 6.45) is 1.94. The van der Waals surface area contributed by atoms with Crippen LogP contribution in [0.4, 0.5) is 0 Å². The Balaban J connectivity index is 2.35. The summed E-state index contributed by atoms with van der Waals surface area (Å²) in [5.41, 5.74) is 2.08. The van der Waals surface area contributed by atoms with E-state index in [9.17, 15) is 0 Å². The summed E-state index contributed by atoms with van der Waals surface area (Å²) in [4.78, 5) is 0. The largest absolute Gasteiger partial charge is 0.490 e. The minimum atomic E-state index is 0.0288. The summed E-state index contributed by atoms with van der Waals surface area (Å²) in [5, 5.41) is 7.77. The van der Waals surface area contributed by atoms with Crippen molar-refractivity contribution in [3.8, 4) is 11.5 Å². The lowest BCUT2D eigenvalue weighted by Gasteiger charge is -2.17. The Morgan fingerprint density at radius 1 is 1.14 bits per heavy atom. The van der Waals surface area contributed by atoms with Gasteiger partial charge in [0.05, 0.1) is 24.9 Å². The summed E-state index contributed by atoms with van der Waals surface area (Å²) >= 11 is 0. The Hall–Kier alpha value is -2.01. The molecule has 0 aliphatic heterocycles. The van der Waals surface area contributed by atoms with Crippen molar-refractivity contribution in [3.05, 3.63) is 41.7 Å². The molecule has 21 heavy (non-hydrogen) atoms. The number of nitrogens with zero attached hydrogens (tertiary/aromatic N) is 2. The van der Waals surface area contributed by atoms with Gasteiger partial charge in [-0.3, -0.25) is 4.68 Å². The maximum Gasteiger partial charge on any atom is 0.161 e. The molecule has 0 amide bonds. The molecule has 0 bridgehead atoms. The highest BCUT2D eigenvalue weighted by molar-refractivity contribution is 5.45. The molecule has 1 heterocycles. The van der Waals surface area contributed by atoms with Gasteiger partial charge in [0, 0.05) is 13.2 Å². The molecule has 0 saturated carbocycles. The van der Waals surface area contributed by atoms with Gasteiger partial charge in [-0.25, -0.2) is 0 Å². The summed E-state index contributed by atoms with van der Waals surface area (Å²) in [7, 11) is 3.84. The summed E-state index contributed by atoms with van der Waals surface area (Å²) in [5.74, 6) is 1.55. The van der Waals surface area contributed by atoms with E-state index in [0.29, 0.717) is 13.2 Å². The molecule has 1 aromatic carbocycles. The van der Waals surface area contributed by atoms with Gasteiger partial charge in [-0.15, -0.1) is 0 Å². The van der Waals surface area contributed by atoms with E-state index in [2.05, 4.69) is 10.4 Å². The number of aryl methyl sites for hydroxylation is 1. The predicted molar refractivity (Wildman–Crippen MR) is 82.9 cm³/mol. The fourth-order valence-electron chi connectivity index (χ4n) is 2.32. The Morgan fingerprint density at radius 2 is 1.86 bits per heavy atom. The van der Waals surface area contributed by atoms with Gasteiger partial charge in [-0.05, 0) is 44.7 Å². The third kappa shape index (κ3) is 3.55. The lowest BCUT2D eigenvalue weighted by Crippen LogP contribution is -2.18. The molecule has 2 rings (SSSR count). The molecule has 1 N–H and O–H groups in total. The molecule has 1 aromatic heterocycles. The molecule has 114 valence electrons. The number of aromatic nitrogens is 2. The fourth-order valence-corrected chi connectivity index (χ4v) is 2.32. The molecule has 0 aliphatic carbocycles. The quantitative estimate of drug-likeness (QED) is 0.851. The van der Waals surface area contributed by atoms with Gasteiger partial charge in [0.15, 0.2) is 11.5 Å². The first kappa shape index (κ1) is 15.4. The van der Waals surface area contributed by atoms with E-state index in [-0.39, 0.29) is 6.04 Å². The average molecular weight is 289 g/mol. The van der Waals surface area contributed by atoms with Crippen LogP contribution in [0.25, 0.3) is 0 Å². The Bertz CT molecular complexity index is 581. The van der Waals surface area contributed by atoms with Crippen molar-refractivity contribution in [2.45, 2.75) is 19.9 Å². The molecule has 0 radical (unpaired) electrons. The lowest BCUT2D eigenvalue weighted by atomic mass is 10.0. The molecule has 5 nitrogen and oxygen atoms in total. The highest BCUT2D eigenvalue weighted by Crippen LogP contribution is 2.32. The molecule has 0 spiro atoms. The van der Waals surface area contributed by atoms with Crippen LogP contribution in [-0.2, 0) is 7.05 Å². The van der Waals surface area contributed by atoms with Crippen molar-refractivity contribution in [3.63, 3.8) is 0 Å². The SMILES string of the molecule is CCOc1ccc(C(NC)c2ccn(C)n2)cc1OCC. The van der Waals surface area contributed by atoms with E-state index in [4.69, 9.17) is 9.47 Å². The van der Waals surface area contributed by atoms with Crippen molar-refractivity contribution < 1.29 is 9.47 Å². The summed E-state index contributed by atoms with van der Waals surface area (Å²) in [6, 6.07) is 8.06. The maximum absolute atomic E-state index is 5.69. The van der Waals surface area contributed by atoms with E-state index in [1.54, 1.807) is 4.68 Å². The molecular formula is C16H23N3O2. The minimum absolute atomic E-state index is 0.0288. The van der Waals surface area contributed by atoms with Crippen LogP contribution in [0.2, 0.25) is 0 Å². The van der Waals surface area contributed by atoms with E-state index in [1.807, 2.05) is 58.4 Å². The second-order valence-corrected chi connectivity index (χ2v) is 4.71. The van der Waals surface area contributed by atoms with E-state index in [0.717, 1.165) is 22.8 Å². The molecule has 1 atom stereocenters. The van der Waals surface area contributed by atoms with Crippen molar-refractivity contribution in [2.24, 2.45) is 7.05 Å². The third-order valence-electron chi connectivity index (χ3n) is 3.22. The molecule has 5 heteroatoms. The normalized spacial score (nSPS) is 12.2. The van der Waals surface area contributed by atoms with Crippen LogP contribution in [0.15, 0.2) is 30.5 Å². The predicted octanol–water partition coefficient (Wildman–Crippen LogP) is 2.53. The third-order valence-corrected chi connectivity index (χ3v) is 3.22. The van der Waals surface area contributed by atoms with Crippen LogP contribution >= 0.6 is 0 Å². The molecule has 0 saturated heterocycles. The van der Waals surface area contributed by atoms with Gasteiger partial charge in [-0.1, -0.05) is 6.07 Å². The first-order valence-electron chi connectivity index (χ1n) is 7.25. The fraction of sp³-hybridized carbons (Fsp3) is 0.438. The first-order valence-corrected chi connectivity index (χ1v) is 7.25. The average Bonchev–Trinajstić information content (AvgIpc) is 2.89. The first-order chi connectivity index (χ1) is 10.2. The monoisotopic (exact) mass is 289 g/mol. The van der Waals surface area contributed by atoms with Gasteiger partial charge in [0.2, 0.25) is 0 Å². The summed E-state index contributed by atoms with van der Waals surface area (Å²) < 4.78 is 13.1. The maximum atomic E-state index is 5.69. The number of nitrogens with one attached hydrogen (secondary N) is 1. The van der Waals surface area contributed by atoms with Crippen LogP contribution in [-0.4, -0.2) is 30.0 Å². The molecular weight excluding hydrogens is 266 g/mol. The Morgan fingerprint density at radius 3 is 2.43 bits per heavy atom. The number of benzene rings is 1. The number of rotatable bonds is 7. The zero-order valence-electron chi connectivity index (χ0n) is 13.1. The minimum Gasteiger partial charge on any atom is -0.490 e. The Labute approximate surface area is 125 Å². The van der Waals surface area contributed by atoms with Gasteiger partial charge < -0.3 is 14.8 Å². The standard InChI is InChI=1S/C16H23N3O2/c1-5-20-14-8-7-12(11-15(14)21-6-2)16(17-3)13-9-10-19(4)18-13/h7-11,16-17H,5-6H2,1-4H3. The van der Waals surface area contributed by atoms with E-state index < -0.39 is 0 Å². The summed E-state index contributed by atoms with van der Waals surface area (Å²) in [6.45, 7) is 5.16. The van der Waals surface area contributed by atoms with Crippen molar-refractivity contribution in [2.75, 3.05) is 20.3 Å². The van der Waals surface area contributed by atoms with Crippen molar-refractivity contribution >= 4 is 0 Å². The molecule has 0 aliphatic rings. The van der Waals surface area contributed by atoms with Gasteiger partial charge in [-0.2, -0.15) is 5.10 Å². The van der Waals surface area contributed by atoms with Crippen LogP contribution < -0.4 is 14.8 Å². The second kappa shape index (κ2) is 7.13. The van der Waals surface area contributed by atoms with E-state index >= 15 is 0 Å². The van der Waals surface area contributed by atoms with Crippen LogP contribution in [0.1, 0.15) is 31.1 Å². The number of hydrogen-bond acceptors (Lipinski definition) is 4. The van der Waals surface area contributed by atoms with Crippen molar-refractivity contribution in [1.29, 1.82) is 0 Å². The Kier molecular flexibility index (Phi) is 5.22. The highest BCUT2D eigenvalue weighted by atomic mass is 16.5. The van der Waals surface area contributed by atoms with Gasteiger partial charge >= 0.3 is 0 Å². The smallest absolute Gasteiger partial charge is 0.161 e. The lowest BCUT2D eigenvalue weighted by molar-refractivity contribution is 0.287. The number of ether oxygens (including phenoxy) is 2. The van der Waals surface area contributed by atoms with E-state index in [1.165, 1.54) is 0 Å². The van der Waals surface area contributed by atoms with Crippen LogP contribution in [0.5, 0.6) is 11.5 Å². The van der Waals surface area contributed by atoms with Crippen molar-refractivity contribution in [1.82, 2.24) is 15.1 Å².